The minimum Gasteiger partial charge on any atom is -0.363 e. The largest absolute Gasteiger partial charge is 0.363 e. The van der Waals surface area contributed by atoms with Crippen LogP contribution in [-0.2, 0) is 6.54 Å². The molecule has 0 aliphatic carbocycles. The van der Waals surface area contributed by atoms with Gasteiger partial charge in [-0.1, -0.05) is 0 Å². The van der Waals surface area contributed by atoms with E-state index in [1.165, 1.54) is 12.3 Å². The second-order valence-corrected chi connectivity index (χ2v) is 4.64. The Morgan fingerprint density at radius 1 is 1.32 bits per heavy atom. The van der Waals surface area contributed by atoms with Crippen LogP contribution in [0.3, 0.4) is 0 Å². The summed E-state index contributed by atoms with van der Waals surface area (Å²) in [7, 11) is 0. The number of nitro groups is 1. The highest BCUT2D eigenvalue weighted by molar-refractivity contribution is 9.10. The van der Waals surface area contributed by atoms with Gasteiger partial charge in [0.25, 0.3) is 5.69 Å². The lowest BCUT2D eigenvalue weighted by Crippen LogP contribution is -2.05. The molecule has 0 fully saturated rings. The topological polar surface area (TPSA) is 93.8 Å². The molecule has 0 atom stereocenters. The van der Waals surface area contributed by atoms with Crippen molar-refractivity contribution >= 4 is 27.4 Å². The predicted molar refractivity (Wildman–Crippen MR) is 72.7 cm³/mol. The van der Waals surface area contributed by atoms with E-state index in [1.807, 2.05) is 6.92 Å². The van der Waals surface area contributed by atoms with Gasteiger partial charge in [-0.05, 0) is 22.9 Å². The second kappa shape index (κ2) is 5.70. The molecule has 2 aromatic rings. The van der Waals surface area contributed by atoms with E-state index in [2.05, 4.69) is 36.2 Å². The third kappa shape index (κ3) is 3.44. The van der Waals surface area contributed by atoms with Crippen molar-refractivity contribution in [3.63, 3.8) is 0 Å². The first-order chi connectivity index (χ1) is 9.06. The Hall–Kier alpha value is -2.09. The van der Waals surface area contributed by atoms with Gasteiger partial charge in [-0.25, -0.2) is 4.98 Å². The van der Waals surface area contributed by atoms with Crippen molar-refractivity contribution in [3.8, 4) is 0 Å². The van der Waals surface area contributed by atoms with Crippen molar-refractivity contribution in [2.75, 3.05) is 5.32 Å². The molecule has 19 heavy (non-hydrogen) atoms. The number of pyridine rings is 1. The highest BCUT2D eigenvalue weighted by Crippen LogP contribution is 2.24. The van der Waals surface area contributed by atoms with Gasteiger partial charge in [0, 0.05) is 12.3 Å². The van der Waals surface area contributed by atoms with Gasteiger partial charge in [0.15, 0.2) is 0 Å². The van der Waals surface area contributed by atoms with Gasteiger partial charge in [0.05, 0.1) is 33.5 Å². The molecule has 0 saturated heterocycles. The molecule has 2 aromatic heterocycles. The van der Waals surface area contributed by atoms with Gasteiger partial charge < -0.3 is 5.32 Å². The minimum atomic E-state index is -0.493. The third-order valence-corrected chi connectivity index (χ3v) is 2.91. The lowest BCUT2D eigenvalue weighted by atomic mass is 10.4. The van der Waals surface area contributed by atoms with E-state index in [-0.39, 0.29) is 5.69 Å². The van der Waals surface area contributed by atoms with Crippen molar-refractivity contribution < 1.29 is 4.92 Å². The van der Waals surface area contributed by atoms with E-state index in [1.54, 1.807) is 12.4 Å². The van der Waals surface area contributed by atoms with E-state index in [0.717, 1.165) is 11.4 Å². The molecule has 98 valence electrons. The van der Waals surface area contributed by atoms with E-state index in [4.69, 9.17) is 0 Å². The quantitative estimate of drug-likeness (QED) is 0.686. The first-order valence-corrected chi connectivity index (χ1v) is 6.17. The van der Waals surface area contributed by atoms with E-state index >= 15 is 0 Å². The third-order valence-electron chi connectivity index (χ3n) is 2.31. The zero-order valence-corrected chi connectivity index (χ0v) is 11.6. The fraction of sp³-hybridized carbons (Fsp3) is 0.182. The Bertz CT molecular complexity index is 603. The molecule has 2 heterocycles. The number of hydrogen-bond acceptors (Lipinski definition) is 6. The number of halogens is 1. The fourth-order valence-electron chi connectivity index (χ4n) is 1.34. The number of nitrogens with zero attached hydrogens (tertiary/aromatic N) is 4. The van der Waals surface area contributed by atoms with Crippen molar-refractivity contribution in [1.29, 1.82) is 0 Å². The van der Waals surface area contributed by atoms with Crippen LogP contribution in [0.5, 0.6) is 0 Å². The van der Waals surface area contributed by atoms with E-state index < -0.39 is 4.92 Å². The summed E-state index contributed by atoms with van der Waals surface area (Å²) in [5.41, 5.74) is 1.54. The molecular formula is C11H10BrN5O2. The Kier molecular flexibility index (Phi) is 4.00. The van der Waals surface area contributed by atoms with Gasteiger partial charge in [-0.2, -0.15) is 0 Å². The van der Waals surface area contributed by atoms with Crippen LogP contribution >= 0.6 is 15.9 Å². The molecule has 0 aromatic carbocycles. The molecule has 8 heteroatoms. The van der Waals surface area contributed by atoms with Crippen LogP contribution in [0.1, 0.15) is 11.4 Å². The van der Waals surface area contributed by atoms with Crippen molar-refractivity contribution in [2.45, 2.75) is 13.5 Å². The lowest BCUT2D eigenvalue weighted by molar-refractivity contribution is -0.385. The monoisotopic (exact) mass is 323 g/mol. The number of anilines is 1. The van der Waals surface area contributed by atoms with Crippen molar-refractivity contribution in [2.24, 2.45) is 0 Å². The highest BCUT2D eigenvalue weighted by Gasteiger charge is 2.10. The second-order valence-electron chi connectivity index (χ2n) is 3.78. The lowest BCUT2D eigenvalue weighted by Gasteiger charge is -2.06. The SMILES string of the molecule is Cc1cnc(CNc2ncc([N+](=O)[O-])cc2Br)cn1. The zero-order valence-electron chi connectivity index (χ0n) is 10.00. The maximum Gasteiger partial charge on any atom is 0.288 e. The molecule has 0 radical (unpaired) electrons. The summed E-state index contributed by atoms with van der Waals surface area (Å²) in [5, 5.41) is 13.6. The molecule has 0 saturated carbocycles. The maximum atomic E-state index is 10.6. The Morgan fingerprint density at radius 2 is 2.11 bits per heavy atom. The van der Waals surface area contributed by atoms with Crippen LogP contribution in [0, 0.1) is 17.0 Å². The van der Waals surface area contributed by atoms with Gasteiger partial charge in [0.1, 0.15) is 12.0 Å². The van der Waals surface area contributed by atoms with Crippen LogP contribution in [0.2, 0.25) is 0 Å². The molecule has 7 nitrogen and oxygen atoms in total. The number of aryl methyl sites for hydroxylation is 1. The van der Waals surface area contributed by atoms with Crippen LogP contribution < -0.4 is 5.32 Å². The Labute approximate surface area is 117 Å². The molecule has 0 unspecified atom stereocenters. The first kappa shape index (κ1) is 13.3. The summed E-state index contributed by atoms with van der Waals surface area (Å²) in [6.07, 6.45) is 4.55. The van der Waals surface area contributed by atoms with Crippen LogP contribution in [0.15, 0.2) is 29.1 Å². The summed E-state index contributed by atoms with van der Waals surface area (Å²) >= 11 is 3.24. The minimum absolute atomic E-state index is 0.0625. The fourth-order valence-corrected chi connectivity index (χ4v) is 1.82. The maximum absolute atomic E-state index is 10.6. The molecule has 0 spiro atoms. The Morgan fingerprint density at radius 3 is 2.68 bits per heavy atom. The van der Waals surface area contributed by atoms with Gasteiger partial charge in [0.2, 0.25) is 0 Å². The summed E-state index contributed by atoms with van der Waals surface area (Å²) in [6, 6.07) is 1.40. The van der Waals surface area contributed by atoms with Gasteiger partial charge in [-0.3, -0.25) is 20.1 Å². The van der Waals surface area contributed by atoms with E-state index in [0.29, 0.717) is 16.8 Å². The number of nitrogens with one attached hydrogen (secondary N) is 1. The average molecular weight is 324 g/mol. The van der Waals surface area contributed by atoms with Crippen LogP contribution in [0.4, 0.5) is 11.5 Å². The smallest absolute Gasteiger partial charge is 0.288 e. The summed E-state index contributed by atoms with van der Waals surface area (Å²) < 4.78 is 0.529. The van der Waals surface area contributed by atoms with E-state index in [9.17, 15) is 10.1 Å². The zero-order chi connectivity index (χ0) is 13.8. The summed E-state index contributed by atoms with van der Waals surface area (Å²) in [5.74, 6) is 0.521. The number of hydrogen-bond donors (Lipinski definition) is 1. The molecular weight excluding hydrogens is 314 g/mol. The predicted octanol–water partition coefficient (Wildman–Crippen LogP) is 2.46. The van der Waals surface area contributed by atoms with Crippen molar-refractivity contribution in [1.82, 2.24) is 15.0 Å². The molecule has 0 bridgehead atoms. The highest BCUT2D eigenvalue weighted by atomic mass is 79.9. The summed E-state index contributed by atoms with van der Waals surface area (Å²) in [4.78, 5) is 22.4. The van der Waals surface area contributed by atoms with Crippen molar-refractivity contribution in [3.05, 3.63) is 50.6 Å². The average Bonchev–Trinajstić information content (AvgIpc) is 2.39. The standard InChI is InChI=1S/C11H10BrN5O2/c1-7-3-14-8(4-13-7)5-15-11-10(12)2-9(6-16-11)17(18)19/h2-4,6H,5H2,1H3,(H,15,16). The molecule has 2 rings (SSSR count). The molecule has 0 aliphatic rings. The molecule has 1 N–H and O–H groups in total. The normalized spacial score (nSPS) is 10.2. The number of aromatic nitrogens is 3. The van der Waals surface area contributed by atoms with Crippen LogP contribution in [-0.4, -0.2) is 19.9 Å². The van der Waals surface area contributed by atoms with Gasteiger partial charge >= 0.3 is 0 Å². The summed E-state index contributed by atoms with van der Waals surface area (Å²) in [6.45, 7) is 2.30. The molecule has 0 amide bonds. The molecule has 0 aliphatic heterocycles. The Balaban J connectivity index is 2.07. The van der Waals surface area contributed by atoms with Gasteiger partial charge in [-0.15, -0.1) is 0 Å². The number of rotatable bonds is 4. The first-order valence-electron chi connectivity index (χ1n) is 5.37. The van der Waals surface area contributed by atoms with Crippen LogP contribution in [0.25, 0.3) is 0 Å².